The highest BCUT2D eigenvalue weighted by Crippen LogP contribution is 2.37. The average molecular weight is 278 g/mol. The summed E-state index contributed by atoms with van der Waals surface area (Å²) in [6.45, 7) is 0. The Labute approximate surface area is 121 Å². The van der Waals surface area contributed by atoms with Crippen LogP contribution in [0.5, 0.6) is 0 Å². The molecule has 104 valence electrons. The van der Waals surface area contributed by atoms with E-state index in [1.807, 2.05) is 29.9 Å². The zero-order valence-electron chi connectivity index (χ0n) is 11.6. The summed E-state index contributed by atoms with van der Waals surface area (Å²) < 4.78 is 1.98. The fourth-order valence-electron chi connectivity index (χ4n) is 3.13. The van der Waals surface area contributed by atoms with Crippen LogP contribution >= 0.6 is 0 Å². The van der Waals surface area contributed by atoms with E-state index in [0.717, 1.165) is 34.1 Å². The number of carbonyl (C=O) groups is 1. The van der Waals surface area contributed by atoms with Gasteiger partial charge < -0.3 is 10.3 Å². The summed E-state index contributed by atoms with van der Waals surface area (Å²) in [4.78, 5) is 20.6. The number of carbonyl (C=O) groups excluding carboxylic acids is 1. The molecule has 0 aromatic carbocycles. The summed E-state index contributed by atoms with van der Waals surface area (Å²) in [7, 11) is 1.97. The highest BCUT2D eigenvalue weighted by Gasteiger charge is 2.26. The third kappa shape index (κ3) is 1.60. The molecule has 3 aromatic heterocycles. The summed E-state index contributed by atoms with van der Waals surface area (Å²) in [6.07, 6.45) is 6.79. The molecule has 1 aliphatic rings. The Hall–Kier alpha value is -2.69. The van der Waals surface area contributed by atoms with E-state index in [4.69, 9.17) is 5.73 Å². The van der Waals surface area contributed by atoms with Crippen LogP contribution in [0.3, 0.4) is 0 Å². The van der Waals surface area contributed by atoms with Crippen LogP contribution in [0.1, 0.15) is 22.3 Å². The topological polar surface area (TPSA) is 73.8 Å². The van der Waals surface area contributed by atoms with Crippen LogP contribution in [-0.4, -0.2) is 20.3 Å². The van der Waals surface area contributed by atoms with E-state index in [1.54, 1.807) is 12.4 Å². The highest BCUT2D eigenvalue weighted by molar-refractivity contribution is 6.07. The van der Waals surface area contributed by atoms with E-state index in [2.05, 4.69) is 9.97 Å². The van der Waals surface area contributed by atoms with Crippen LogP contribution < -0.4 is 5.73 Å². The van der Waals surface area contributed by atoms with Crippen molar-refractivity contribution in [3.8, 4) is 11.1 Å². The lowest BCUT2D eigenvalue weighted by atomic mass is 9.98. The first-order valence-corrected chi connectivity index (χ1v) is 6.88. The minimum Gasteiger partial charge on any atom is -0.383 e. The van der Waals surface area contributed by atoms with Gasteiger partial charge in [-0.15, -0.1) is 0 Å². The molecule has 1 aliphatic carbocycles. The monoisotopic (exact) mass is 278 g/mol. The van der Waals surface area contributed by atoms with Crippen molar-refractivity contribution < 1.29 is 4.79 Å². The zero-order chi connectivity index (χ0) is 14.6. The Morgan fingerprint density at radius 1 is 1.19 bits per heavy atom. The molecule has 0 saturated carbocycles. The Balaban J connectivity index is 2.05. The Morgan fingerprint density at radius 3 is 2.90 bits per heavy atom. The Morgan fingerprint density at radius 2 is 2.05 bits per heavy atom. The van der Waals surface area contributed by atoms with Gasteiger partial charge in [-0.3, -0.25) is 4.79 Å². The molecule has 0 spiro atoms. The lowest BCUT2D eigenvalue weighted by Crippen LogP contribution is -2.03. The number of rotatable bonds is 1. The SMILES string of the molecule is Cn1ccc2c(-c3cnc(N)c4c3CCC4=O)ccnc21. The highest BCUT2D eigenvalue weighted by atomic mass is 16.1. The molecule has 3 heterocycles. The quantitative estimate of drug-likeness (QED) is 0.741. The smallest absolute Gasteiger partial charge is 0.167 e. The molecular weight excluding hydrogens is 264 g/mol. The Kier molecular flexibility index (Phi) is 2.39. The van der Waals surface area contributed by atoms with Crippen LogP contribution in [0, 0.1) is 0 Å². The predicted octanol–water partition coefficient (Wildman–Crippen LogP) is 2.35. The second-order valence-corrected chi connectivity index (χ2v) is 5.36. The van der Waals surface area contributed by atoms with Gasteiger partial charge in [-0.25, -0.2) is 9.97 Å². The molecule has 0 radical (unpaired) electrons. The molecule has 5 heteroatoms. The third-order valence-electron chi connectivity index (χ3n) is 4.15. The molecule has 5 nitrogen and oxygen atoms in total. The number of aryl methyl sites for hydroxylation is 1. The van der Waals surface area contributed by atoms with Crippen molar-refractivity contribution >= 4 is 22.6 Å². The van der Waals surface area contributed by atoms with Crippen LogP contribution in [0.25, 0.3) is 22.2 Å². The molecule has 0 fully saturated rings. The summed E-state index contributed by atoms with van der Waals surface area (Å²) in [5.41, 5.74) is 10.5. The lowest BCUT2D eigenvalue weighted by molar-refractivity contribution is 0.0995. The number of hydrogen-bond donors (Lipinski definition) is 1. The first-order chi connectivity index (χ1) is 10.2. The maximum atomic E-state index is 12.0. The maximum Gasteiger partial charge on any atom is 0.167 e. The van der Waals surface area contributed by atoms with Crippen molar-refractivity contribution in [1.82, 2.24) is 14.5 Å². The normalized spacial score (nSPS) is 13.9. The van der Waals surface area contributed by atoms with E-state index in [0.29, 0.717) is 17.8 Å². The maximum absolute atomic E-state index is 12.0. The number of hydrogen-bond acceptors (Lipinski definition) is 4. The Bertz CT molecular complexity index is 895. The van der Waals surface area contributed by atoms with E-state index in [9.17, 15) is 4.79 Å². The van der Waals surface area contributed by atoms with Gasteiger partial charge in [0, 0.05) is 43.0 Å². The molecule has 0 saturated heterocycles. The van der Waals surface area contributed by atoms with E-state index >= 15 is 0 Å². The summed E-state index contributed by atoms with van der Waals surface area (Å²) in [5, 5.41) is 1.06. The number of nitrogens with zero attached hydrogens (tertiary/aromatic N) is 3. The minimum absolute atomic E-state index is 0.0928. The minimum atomic E-state index is 0.0928. The summed E-state index contributed by atoms with van der Waals surface area (Å²) >= 11 is 0. The second-order valence-electron chi connectivity index (χ2n) is 5.36. The largest absolute Gasteiger partial charge is 0.383 e. The zero-order valence-corrected chi connectivity index (χ0v) is 11.6. The number of aromatic nitrogens is 3. The van der Waals surface area contributed by atoms with Gasteiger partial charge in [-0.1, -0.05) is 0 Å². The number of nitrogen functional groups attached to an aromatic ring is 1. The van der Waals surface area contributed by atoms with Gasteiger partial charge in [-0.2, -0.15) is 0 Å². The average Bonchev–Trinajstić information content (AvgIpc) is 3.05. The first kappa shape index (κ1) is 12.1. The first-order valence-electron chi connectivity index (χ1n) is 6.88. The van der Waals surface area contributed by atoms with Gasteiger partial charge in [0.15, 0.2) is 5.78 Å². The number of ketones is 1. The summed E-state index contributed by atoms with van der Waals surface area (Å²) in [6, 6.07) is 4.01. The summed E-state index contributed by atoms with van der Waals surface area (Å²) in [5.74, 6) is 0.435. The number of Topliss-reactive ketones (excluding diaryl/α,β-unsaturated/α-hetero) is 1. The van der Waals surface area contributed by atoms with Crippen molar-refractivity contribution in [3.63, 3.8) is 0 Å². The van der Waals surface area contributed by atoms with Crippen molar-refractivity contribution in [3.05, 3.63) is 41.9 Å². The van der Waals surface area contributed by atoms with Crippen LogP contribution in [0.2, 0.25) is 0 Å². The van der Waals surface area contributed by atoms with Gasteiger partial charge in [-0.05, 0) is 29.7 Å². The van der Waals surface area contributed by atoms with Crippen LogP contribution in [0.15, 0.2) is 30.7 Å². The number of fused-ring (bicyclic) bond motifs is 2. The van der Waals surface area contributed by atoms with Gasteiger partial charge in [0.25, 0.3) is 0 Å². The molecule has 0 atom stereocenters. The predicted molar refractivity (Wildman–Crippen MR) is 81.0 cm³/mol. The van der Waals surface area contributed by atoms with Crippen molar-refractivity contribution in [2.24, 2.45) is 7.05 Å². The molecular formula is C16H14N4O. The van der Waals surface area contributed by atoms with Crippen LogP contribution in [0.4, 0.5) is 5.82 Å². The molecule has 2 N–H and O–H groups in total. The number of pyridine rings is 2. The lowest BCUT2D eigenvalue weighted by Gasteiger charge is -2.10. The van der Waals surface area contributed by atoms with Crippen molar-refractivity contribution in [2.45, 2.75) is 12.8 Å². The number of anilines is 1. The third-order valence-corrected chi connectivity index (χ3v) is 4.15. The fourth-order valence-corrected chi connectivity index (χ4v) is 3.13. The van der Waals surface area contributed by atoms with E-state index in [-0.39, 0.29) is 5.78 Å². The second kappa shape index (κ2) is 4.15. The molecule has 0 unspecified atom stereocenters. The fraction of sp³-hybridized carbons (Fsp3) is 0.188. The standard InChI is InChI=1S/C16H14N4O/c1-20-7-5-11-9(4-6-18-16(11)20)12-8-19-15(17)14-10(12)2-3-13(14)21/h4-8H,2-3H2,1H3,(H2,17,19). The molecule has 0 aliphatic heterocycles. The van der Waals surface area contributed by atoms with Gasteiger partial charge >= 0.3 is 0 Å². The van der Waals surface area contributed by atoms with Crippen molar-refractivity contribution in [1.29, 1.82) is 0 Å². The van der Waals surface area contributed by atoms with Crippen LogP contribution in [-0.2, 0) is 13.5 Å². The van der Waals surface area contributed by atoms with E-state index in [1.165, 1.54) is 0 Å². The van der Waals surface area contributed by atoms with Gasteiger partial charge in [0.2, 0.25) is 0 Å². The van der Waals surface area contributed by atoms with Gasteiger partial charge in [0.05, 0.1) is 5.56 Å². The molecule has 3 aromatic rings. The molecule has 0 bridgehead atoms. The molecule has 4 rings (SSSR count). The molecule has 0 amide bonds. The number of nitrogens with two attached hydrogens (primary N) is 1. The van der Waals surface area contributed by atoms with E-state index < -0.39 is 0 Å². The molecule has 21 heavy (non-hydrogen) atoms. The van der Waals surface area contributed by atoms with Gasteiger partial charge in [0.1, 0.15) is 11.5 Å². The van der Waals surface area contributed by atoms with Crippen molar-refractivity contribution in [2.75, 3.05) is 5.73 Å².